The third-order valence-corrected chi connectivity index (χ3v) is 4.75. The lowest BCUT2D eigenvalue weighted by molar-refractivity contribution is -0.122. The highest BCUT2D eigenvalue weighted by Gasteiger charge is 2.27. The van der Waals surface area contributed by atoms with Crippen LogP contribution in [0.2, 0.25) is 0 Å². The van der Waals surface area contributed by atoms with Crippen LogP contribution < -0.4 is 5.32 Å². The van der Waals surface area contributed by atoms with Crippen LogP contribution in [-0.2, 0) is 4.79 Å². The van der Waals surface area contributed by atoms with Crippen LogP contribution in [0.15, 0.2) is 0 Å². The lowest BCUT2D eigenvalue weighted by Gasteiger charge is -2.30. The maximum atomic E-state index is 11.7. The molecule has 0 radical (unpaired) electrons. The summed E-state index contributed by atoms with van der Waals surface area (Å²) in [6.45, 7) is 4.24. The second-order valence-corrected chi connectivity index (χ2v) is 5.03. The first kappa shape index (κ1) is 15.4. The fourth-order valence-corrected chi connectivity index (χ4v) is 3.28. The standard InChI is InChI=1S/C11H21Br2NO/c1-3-5-6-7-10(15)14-11(4-2,8-12)9-13/h3-9H2,1-2H3,(H,14,15). The first-order valence-electron chi connectivity index (χ1n) is 5.57. The van der Waals surface area contributed by atoms with E-state index in [4.69, 9.17) is 0 Å². The molecule has 0 saturated heterocycles. The van der Waals surface area contributed by atoms with Gasteiger partial charge in [-0.25, -0.2) is 0 Å². The van der Waals surface area contributed by atoms with Gasteiger partial charge in [-0.1, -0.05) is 58.5 Å². The Hall–Kier alpha value is 0.430. The van der Waals surface area contributed by atoms with Crippen LogP contribution in [-0.4, -0.2) is 22.1 Å². The molecule has 0 unspecified atom stereocenters. The minimum absolute atomic E-state index is 0.122. The van der Waals surface area contributed by atoms with Gasteiger partial charge in [0.05, 0.1) is 5.54 Å². The summed E-state index contributed by atoms with van der Waals surface area (Å²) in [6, 6.07) is 0. The van der Waals surface area contributed by atoms with Crippen molar-refractivity contribution in [3.8, 4) is 0 Å². The van der Waals surface area contributed by atoms with Crippen LogP contribution >= 0.6 is 31.9 Å². The van der Waals surface area contributed by atoms with Crippen molar-refractivity contribution < 1.29 is 4.79 Å². The number of carbonyl (C=O) groups excluding carboxylic acids is 1. The second-order valence-electron chi connectivity index (χ2n) is 3.91. The number of nitrogens with one attached hydrogen (secondary N) is 1. The Morgan fingerprint density at radius 3 is 2.20 bits per heavy atom. The Balaban J connectivity index is 4.00. The van der Waals surface area contributed by atoms with Gasteiger partial charge >= 0.3 is 0 Å². The number of hydrogen-bond acceptors (Lipinski definition) is 1. The van der Waals surface area contributed by atoms with Gasteiger partial charge in [-0.15, -0.1) is 0 Å². The largest absolute Gasteiger partial charge is 0.349 e. The van der Waals surface area contributed by atoms with Crippen LogP contribution in [0.3, 0.4) is 0 Å². The highest BCUT2D eigenvalue weighted by Crippen LogP contribution is 2.17. The molecule has 0 aliphatic heterocycles. The number of amides is 1. The molecule has 0 aromatic heterocycles. The van der Waals surface area contributed by atoms with Gasteiger partial charge < -0.3 is 5.32 Å². The number of hydrogen-bond donors (Lipinski definition) is 1. The fourth-order valence-electron chi connectivity index (χ4n) is 1.27. The monoisotopic (exact) mass is 341 g/mol. The summed E-state index contributed by atoms with van der Waals surface area (Å²) < 4.78 is 0. The molecule has 0 aromatic carbocycles. The van der Waals surface area contributed by atoms with Gasteiger partial charge in [-0.3, -0.25) is 4.79 Å². The Kier molecular flexibility index (Phi) is 8.81. The molecule has 0 saturated carbocycles. The van der Waals surface area contributed by atoms with E-state index in [-0.39, 0.29) is 11.4 Å². The van der Waals surface area contributed by atoms with Crippen molar-refractivity contribution in [1.82, 2.24) is 5.32 Å². The Labute approximate surface area is 110 Å². The zero-order valence-corrected chi connectivity index (χ0v) is 12.8. The number of alkyl halides is 2. The molecule has 1 N–H and O–H groups in total. The molecule has 0 fully saturated rings. The van der Waals surface area contributed by atoms with E-state index in [0.29, 0.717) is 6.42 Å². The van der Waals surface area contributed by atoms with E-state index in [0.717, 1.165) is 36.3 Å². The van der Waals surface area contributed by atoms with Crippen molar-refractivity contribution in [2.45, 2.75) is 51.5 Å². The van der Waals surface area contributed by atoms with Gasteiger partial charge in [0.2, 0.25) is 5.91 Å². The molecule has 0 aromatic rings. The SMILES string of the molecule is CCCCCC(=O)NC(CC)(CBr)CBr. The number of unbranched alkanes of at least 4 members (excludes halogenated alkanes) is 2. The van der Waals surface area contributed by atoms with Gasteiger partial charge in [0.25, 0.3) is 0 Å². The first-order chi connectivity index (χ1) is 7.14. The number of carbonyl (C=O) groups is 1. The normalized spacial score (nSPS) is 11.5. The van der Waals surface area contributed by atoms with E-state index in [1.54, 1.807) is 0 Å². The predicted octanol–water partition coefficient (Wildman–Crippen LogP) is 3.62. The highest BCUT2D eigenvalue weighted by molar-refractivity contribution is 9.09. The van der Waals surface area contributed by atoms with Gasteiger partial charge in [0, 0.05) is 17.1 Å². The van der Waals surface area contributed by atoms with Crippen LogP contribution in [0.25, 0.3) is 0 Å². The lowest BCUT2D eigenvalue weighted by Crippen LogP contribution is -2.51. The molecule has 2 nitrogen and oxygen atoms in total. The van der Waals surface area contributed by atoms with E-state index in [1.807, 2.05) is 0 Å². The van der Waals surface area contributed by atoms with Crippen molar-refractivity contribution in [3.05, 3.63) is 0 Å². The van der Waals surface area contributed by atoms with E-state index >= 15 is 0 Å². The number of rotatable bonds is 8. The Morgan fingerprint density at radius 2 is 1.80 bits per heavy atom. The van der Waals surface area contributed by atoms with E-state index in [2.05, 4.69) is 51.0 Å². The van der Waals surface area contributed by atoms with E-state index in [1.165, 1.54) is 0 Å². The molecule has 90 valence electrons. The molecular weight excluding hydrogens is 322 g/mol. The molecule has 0 aliphatic rings. The topological polar surface area (TPSA) is 29.1 Å². The Bertz CT molecular complexity index is 173. The summed E-state index contributed by atoms with van der Waals surface area (Å²) in [5.74, 6) is 0.171. The minimum Gasteiger partial charge on any atom is -0.349 e. The van der Waals surface area contributed by atoms with E-state index < -0.39 is 0 Å². The highest BCUT2D eigenvalue weighted by atomic mass is 79.9. The average molecular weight is 343 g/mol. The smallest absolute Gasteiger partial charge is 0.220 e. The third kappa shape index (κ3) is 5.91. The summed E-state index contributed by atoms with van der Waals surface area (Å²) in [5.41, 5.74) is -0.122. The molecule has 0 heterocycles. The second kappa shape index (κ2) is 8.57. The quantitative estimate of drug-likeness (QED) is 0.529. The summed E-state index contributed by atoms with van der Waals surface area (Å²) in [7, 11) is 0. The van der Waals surface area contributed by atoms with Crippen LogP contribution in [0.1, 0.15) is 46.0 Å². The van der Waals surface area contributed by atoms with Gasteiger partial charge in [-0.05, 0) is 12.8 Å². The molecule has 15 heavy (non-hydrogen) atoms. The van der Waals surface area contributed by atoms with E-state index in [9.17, 15) is 4.79 Å². The summed E-state index contributed by atoms with van der Waals surface area (Å²) in [6.07, 6.45) is 4.86. The number of halogens is 2. The molecular formula is C11H21Br2NO. The summed E-state index contributed by atoms with van der Waals surface area (Å²) in [5, 5.41) is 4.69. The van der Waals surface area contributed by atoms with Gasteiger partial charge in [-0.2, -0.15) is 0 Å². The molecule has 0 atom stereocenters. The third-order valence-electron chi connectivity index (χ3n) is 2.60. The maximum absolute atomic E-state index is 11.7. The van der Waals surface area contributed by atoms with Crippen molar-refractivity contribution in [3.63, 3.8) is 0 Å². The molecule has 0 bridgehead atoms. The fraction of sp³-hybridized carbons (Fsp3) is 0.909. The zero-order valence-electron chi connectivity index (χ0n) is 9.61. The van der Waals surface area contributed by atoms with Crippen molar-refractivity contribution in [1.29, 1.82) is 0 Å². The maximum Gasteiger partial charge on any atom is 0.220 e. The molecule has 1 amide bonds. The first-order valence-corrected chi connectivity index (χ1v) is 7.81. The summed E-state index contributed by atoms with van der Waals surface area (Å²) in [4.78, 5) is 11.7. The molecule has 4 heteroatoms. The molecule has 0 spiro atoms. The minimum atomic E-state index is -0.122. The van der Waals surface area contributed by atoms with Crippen LogP contribution in [0, 0.1) is 0 Å². The van der Waals surface area contributed by atoms with Crippen molar-refractivity contribution in [2.75, 3.05) is 10.7 Å². The lowest BCUT2D eigenvalue weighted by atomic mass is 10.0. The average Bonchev–Trinajstić information content (AvgIpc) is 2.26. The van der Waals surface area contributed by atoms with Gasteiger partial charge in [0.15, 0.2) is 0 Å². The Morgan fingerprint density at radius 1 is 1.20 bits per heavy atom. The van der Waals surface area contributed by atoms with Crippen LogP contribution in [0.5, 0.6) is 0 Å². The summed E-state index contributed by atoms with van der Waals surface area (Å²) >= 11 is 6.92. The van der Waals surface area contributed by atoms with Gasteiger partial charge in [0.1, 0.15) is 0 Å². The predicted molar refractivity (Wildman–Crippen MR) is 72.9 cm³/mol. The van der Waals surface area contributed by atoms with Crippen LogP contribution in [0.4, 0.5) is 0 Å². The van der Waals surface area contributed by atoms with Crippen molar-refractivity contribution in [2.24, 2.45) is 0 Å². The zero-order chi connectivity index (χ0) is 11.7. The molecule has 0 rings (SSSR count). The van der Waals surface area contributed by atoms with Crippen molar-refractivity contribution >= 4 is 37.8 Å². The molecule has 0 aliphatic carbocycles.